The van der Waals surface area contributed by atoms with Crippen molar-refractivity contribution in [3.63, 3.8) is 0 Å². The monoisotopic (exact) mass is 220 g/mol. The van der Waals surface area contributed by atoms with Gasteiger partial charge in [0, 0.05) is 18.8 Å². The highest BCUT2D eigenvalue weighted by atomic mass is 15.0. The molecule has 0 bridgehead atoms. The van der Waals surface area contributed by atoms with Gasteiger partial charge in [0.25, 0.3) is 0 Å². The lowest BCUT2D eigenvalue weighted by atomic mass is 10.1. The molecule has 90 valence electrons. The Kier molecular flexibility index (Phi) is 4.81. The first-order chi connectivity index (χ1) is 7.49. The second kappa shape index (κ2) is 5.90. The first kappa shape index (κ1) is 13.0. The number of hydrogen-bond donors (Lipinski definition) is 1. The van der Waals surface area contributed by atoms with Crippen LogP contribution in [0.2, 0.25) is 0 Å². The van der Waals surface area contributed by atoms with Gasteiger partial charge >= 0.3 is 0 Å². The van der Waals surface area contributed by atoms with Crippen molar-refractivity contribution < 1.29 is 0 Å². The number of benzene rings is 1. The van der Waals surface area contributed by atoms with Crippen LogP contribution in [0, 0.1) is 12.8 Å². The number of anilines is 1. The van der Waals surface area contributed by atoms with E-state index in [1.165, 1.54) is 16.8 Å². The topological polar surface area (TPSA) is 15.3 Å². The molecule has 1 aromatic carbocycles. The lowest BCUT2D eigenvalue weighted by Gasteiger charge is -2.15. The van der Waals surface area contributed by atoms with E-state index in [1.807, 2.05) is 0 Å². The van der Waals surface area contributed by atoms with Crippen molar-refractivity contribution in [1.82, 2.24) is 4.90 Å². The summed E-state index contributed by atoms with van der Waals surface area (Å²) in [5, 5.41) is 3.51. The van der Waals surface area contributed by atoms with Gasteiger partial charge in [-0.2, -0.15) is 0 Å². The number of rotatable bonds is 5. The Labute approximate surface area is 99.7 Å². The molecule has 0 atom stereocenters. The molecule has 0 aliphatic rings. The Bertz CT molecular complexity index is 330. The van der Waals surface area contributed by atoms with Crippen LogP contribution in [-0.4, -0.2) is 25.5 Å². The molecule has 2 heteroatoms. The first-order valence-corrected chi connectivity index (χ1v) is 5.97. The van der Waals surface area contributed by atoms with Gasteiger partial charge < -0.3 is 10.2 Å². The predicted octanol–water partition coefficient (Wildman–Crippen LogP) is 3.12. The summed E-state index contributed by atoms with van der Waals surface area (Å²) in [6, 6.07) is 6.66. The third-order valence-electron chi connectivity index (χ3n) is 2.50. The molecule has 1 rings (SSSR count). The molecule has 16 heavy (non-hydrogen) atoms. The molecule has 1 aromatic rings. The second-order valence-corrected chi connectivity index (χ2v) is 5.16. The van der Waals surface area contributed by atoms with Gasteiger partial charge in [-0.25, -0.2) is 0 Å². The average molecular weight is 220 g/mol. The third-order valence-corrected chi connectivity index (χ3v) is 2.50. The van der Waals surface area contributed by atoms with Gasteiger partial charge in [-0.1, -0.05) is 26.0 Å². The van der Waals surface area contributed by atoms with Crippen LogP contribution < -0.4 is 5.32 Å². The molecule has 0 radical (unpaired) electrons. The van der Waals surface area contributed by atoms with Crippen LogP contribution in [0.15, 0.2) is 18.2 Å². The van der Waals surface area contributed by atoms with E-state index in [-0.39, 0.29) is 0 Å². The maximum absolute atomic E-state index is 3.51. The van der Waals surface area contributed by atoms with Crippen LogP contribution in [-0.2, 0) is 6.54 Å². The molecule has 1 N–H and O–H groups in total. The molecule has 0 saturated carbocycles. The van der Waals surface area contributed by atoms with Crippen molar-refractivity contribution in [2.24, 2.45) is 5.92 Å². The van der Waals surface area contributed by atoms with Crippen molar-refractivity contribution in [1.29, 1.82) is 0 Å². The van der Waals surface area contributed by atoms with Gasteiger partial charge in [0.2, 0.25) is 0 Å². The third kappa shape index (κ3) is 4.23. The standard InChI is InChI=1S/C14H24N2/c1-11(2)9-15-14-8-13(10-16(4)5)7-6-12(14)3/h6-8,11,15H,9-10H2,1-5H3. The Balaban J connectivity index is 2.74. The number of nitrogens with one attached hydrogen (secondary N) is 1. The lowest BCUT2D eigenvalue weighted by Crippen LogP contribution is -2.12. The van der Waals surface area contributed by atoms with Gasteiger partial charge in [0.05, 0.1) is 0 Å². The van der Waals surface area contributed by atoms with Crippen molar-refractivity contribution >= 4 is 5.69 Å². The van der Waals surface area contributed by atoms with Crippen LogP contribution in [0.3, 0.4) is 0 Å². The molecule has 0 unspecified atom stereocenters. The summed E-state index contributed by atoms with van der Waals surface area (Å²) in [5.74, 6) is 0.678. The van der Waals surface area contributed by atoms with Crippen molar-refractivity contribution in [3.8, 4) is 0 Å². The van der Waals surface area contributed by atoms with Gasteiger partial charge in [-0.15, -0.1) is 0 Å². The van der Waals surface area contributed by atoms with E-state index < -0.39 is 0 Å². The van der Waals surface area contributed by atoms with E-state index in [0.29, 0.717) is 5.92 Å². The number of aryl methyl sites for hydroxylation is 1. The van der Waals surface area contributed by atoms with Crippen LogP contribution >= 0.6 is 0 Å². The minimum atomic E-state index is 0.678. The largest absolute Gasteiger partial charge is 0.385 e. The van der Waals surface area contributed by atoms with Gasteiger partial charge in [0.15, 0.2) is 0 Å². The zero-order valence-corrected chi connectivity index (χ0v) is 11.2. The fraction of sp³-hybridized carbons (Fsp3) is 0.571. The smallest absolute Gasteiger partial charge is 0.0373 e. The normalized spacial score (nSPS) is 11.2. The SMILES string of the molecule is Cc1ccc(CN(C)C)cc1NCC(C)C. The minimum Gasteiger partial charge on any atom is -0.385 e. The fourth-order valence-corrected chi connectivity index (χ4v) is 1.64. The van der Waals surface area contributed by atoms with E-state index in [9.17, 15) is 0 Å². The highest BCUT2D eigenvalue weighted by Gasteiger charge is 2.02. The van der Waals surface area contributed by atoms with Gasteiger partial charge in [-0.3, -0.25) is 0 Å². The average Bonchev–Trinajstić information content (AvgIpc) is 2.18. The molecule has 0 spiro atoms. The molecule has 0 fully saturated rings. The predicted molar refractivity (Wildman–Crippen MR) is 71.9 cm³/mol. The molecule has 0 aliphatic heterocycles. The van der Waals surface area contributed by atoms with Crippen LogP contribution in [0.4, 0.5) is 5.69 Å². The molecule has 0 heterocycles. The lowest BCUT2D eigenvalue weighted by molar-refractivity contribution is 0.402. The van der Waals surface area contributed by atoms with Gasteiger partial charge in [0.1, 0.15) is 0 Å². The second-order valence-electron chi connectivity index (χ2n) is 5.16. The first-order valence-electron chi connectivity index (χ1n) is 5.97. The summed E-state index contributed by atoms with van der Waals surface area (Å²) in [4.78, 5) is 2.19. The quantitative estimate of drug-likeness (QED) is 0.820. The molecule has 0 aliphatic carbocycles. The van der Waals surface area contributed by atoms with Gasteiger partial charge in [-0.05, 0) is 44.1 Å². The number of nitrogens with zero attached hydrogens (tertiary/aromatic N) is 1. The summed E-state index contributed by atoms with van der Waals surface area (Å²) < 4.78 is 0. The van der Waals surface area contributed by atoms with Crippen molar-refractivity contribution in [2.75, 3.05) is 26.0 Å². The summed E-state index contributed by atoms with van der Waals surface area (Å²) in [6.07, 6.45) is 0. The molecule has 0 amide bonds. The molecule has 0 saturated heterocycles. The molecule has 0 aromatic heterocycles. The highest BCUT2D eigenvalue weighted by molar-refractivity contribution is 5.52. The van der Waals surface area contributed by atoms with Crippen molar-refractivity contribution in [2.45, 2.75) is 27.3 Å². The molecule has 2 nitrogen and oxygen atoms in total. The maximum atomic E-state index is 3.51. The van der Waals surface area contributed by atoms with E-state index in [1.54, 1.807) is 0 Å². The Morgan fingerprint density at radius 2 is 1.94 bits per heavy atom. The fourth-order valence-electron chi connectivity index (χ4n) is 1.64. The van der Waals surface area contributed by atoms with Crippen LogP contribution in [0.25, 0.3) is 0 Å². The summed E-state index contributed by atoms with van der Waals surface area (Å²) >= 11 is 0. The Hall–Kier alpha value is -1.02. The van der Waals surface area contributed by atoms with Crippen molar-refractivity contribution in [3.05, 3.63) is 29.3 Å². The zero-order chi connectivity index (χ0) is 12.1. The van der Waals surface area contributed by atoms with Crippen LogP contribution in [0.1, 0.15) is 25.0 Å². The zero-order valence-electron chi connectivity index (χ0n) is 11.2. The highest BCUT2D eigenvalue weighted by Crippen LogP contribution is 2.18. The summed E-state index contributed by atoms with van der Waals surface area (Å²) in [6.45, 7) is 8.64. The minimum absolute atomic E-state index is 0.678. The Morgan fingerprint density at radius 3 is 2.50 bits per heavy atom. The Morgan fingerprint density at radius 1 is 1.25 bits per heavy atom. The number of hydrogen-bond acceptors (Lipinski definition) is 2. The molecular formula is C14H24N2. The summed E-state index contributed by atoms with van der Waals surface area (Å²) in [5.41, 5.74) is 3.96. The molecular weight excluding hydrogens is 196 g/mol. The van der Waals surface area contributed by atoms with E-state index in [0.717, 1.165) is 13.1 Å². The van der Waals surface area contributed by atoms with E-state index in [4.69, 9.17) is 0 Å². The summed E-state index contributed by atoms with van der Waals surface area (Å²) in [7, 11) is 4.20. The van der Waals surface area contributed by atoms with E-state index in [2.05, 4.69) is 63.3 Å². The van der Waals surface area contributed by atoms with E-state index >= 15 is 0 Å². The maximum Gasteiger partial charge on any atom is 0.0373 e. The van der Waals surface area contributed by atoms with Crippen LogP contribution in [0.5, 0.6) is 0 Å².